The first-order valence-electron chi connectivity index (χ1n) is 6.20. The lowest BCUT2D eigenvalue weighted by Crippen LogP contribution is -1.90. The average molecular weight is 312 g/mol. The molecule has 0 fully saturated rings. The zero-order valence-corrected chi connectivity index (χ0v) is 12.4. The Morgan fingerprint density at radius 3 is 2.67 bits per heavy atom. The van der Waals surface area contributed by atoms with E-state index in [0.29, 0.717) is 15.6 Å². The van der Waals surface area contributed by atoms with E-state index in [1.807, 2.05) is 36.4 Å². The molecule has 5 heteroatoms. The van der Waals surface area contributed by atoms with Crippen LogP contribution in [0.4, 0.5) is 5.69 Å². The summed E-state index contributed by atoms with van der Waals surface area (Å²) in [4.78, 5) is 5.51. The van der Waals surface area contributed by atoms with E-state index in [1.54, 1.807) is 12.4 Å². The number of hydrogen-bond acceptors (Lipinski definition) is 4. The Kier molecular flexibility index (Phi) is 3.61. The maximum Gasteiger partial charge on any atom is 0.129 e. The normalized spacial score (nSPS) is 10.3. The van der Waals surface area contributed by atoms with Crippen LogP contribution in [-0.2, 0) is 0 Å². The quantitative estimate of drug-likeness (QED) is 0.753. The van der Waals surface area contributed by atoms with E-state index in [1.165, 1.54) is 11.3 Å². The number of hydrogen-bond donors (Lipinski definition) is 1. The fraction of sp³-hybridized carbons (Fsp3) is 0. The molecule has 0 saturated heterocycles. The number of nitriles is 1. The van der Waals surface area contributed by atoms with Gasteiger partial charge in [-0.3, -0.25) is 4.98 Å². The maximum atomic E-state index is 9.25. The van der Waals surface area contributed by atoms with Gasteiger partial charge in [-0.15, -0.1) is 11.3 Å². The standard InChI is InChI=1S/C16H10ClN3S/c17-12-6-2-1-5-11(12)16-14(10-4-3-7-20-9-10)15(19)13(8-18)21-16/h1-7,9H,19H2. The molecule has 2 aromatic heterocycles. The van der Waals surface area contributed by atoms with Crippen LogP contribution in [0.15, 0.2) is 48.8 Å². The van der Waals surface area contributed by atoms with Crippen LogP contribution in [0.25, 0.3) is 21.6 Å². The molecule has 0 saturated carbocycles. The number of benzene rings is 1. The molecule has 0 aliphatic carbocycles. The van der Waals surface area contributed by atoms with Crippen LogP contribution in [0.2, 0.25) is 5.02 Å². The van der Waals surface area contributed by atoms with E-state index < -0.39 is 0 Å². The van der Waals surface area contributed by atoms with Crippen molar-refractivity contribution in [2.24, 2.45) is 0 Å². The van der Waals surface area contributed by atoms with Crippen molar-refractivity contribution in [3.05, 3.63) is 58.7 Å². The van der Waals surface area contributed by atoms with E-state index in [9.17, 15) is 5.26 Å². The highest BCUT2D eigenvalue weighted by atomic mass is 35.5. The Hall–Kier alpha value is -2.35. The number of pyridine rings is 1. The van der Waals surface area contributed by atoms with Gasteiger partial charge >= 0.3 is 0 Å². The van der Waals surface area contributed by atoms with Gasteiger partial charge in [-0.25, -0.2) is 0 Å². The van der Waals surface area contributed by atoms with Gasteiger partial charge in [0.05, 0.1) is 5.69 Å². The molecule has 0 amide bonds. The Morgan fingerprint density at radius 2 is 2.00 bits per heavy atom. The summed E-state index contributed by atoms with van der Waals surface area (Å²) in [5.41, 5.74) is 9.19. The van der Waals surface area contributed by atoms with Gasteiger partial charge in [-0.05, 0) is 12.1 Å². The van der Waals surface area contributed by atoms with Crippen molar-refractivity contribution in [2.75, 3.05) is 5.73 Å². The molecule has 0 bridgehead atoms. The van der Waals surface area contributed by atoms with E-state index in [0.717, 1.165) is 21.6 Å². The summed E-state index contributed by atoms with van der Waals surface area (Å²) in [6, 6.07) is 13.4. The number of halogens is 1. The number of nitrogens with zero attached hydrogens (tertiary/aromatic N) is 2. The Labute approximate surface area is 131 Å². The summed E-state index contributed by atoms with van der Waals surface area (Å²) in [6.07, 6.45) is 3.44. The smallest absolute Gasteiger partial charge is 0.129 e. The Balaban J connectivity index is 2.32. The number of nitrogens with two attached hydrogens (primary N) is 1. The van der Waals surface area contributed by atoms with E-state index in [4.69, 9.17) is 17.3 Å². The van der Waals surface area contributed by atoms with Crippen LogP contribution in [0.1, 0.15) is 4.88 Å². The molecule has 3 rings (SSSR count). The zero-order valence-electron chi connectivity index (χ0n) is 10.9. The van der Waals surface area contributed by atoms with Crippen LogP contribution in [0.5, 0.6) is 0 Å². The number of nitrogen functional groups attached to an aromatic ring is 1. The van der Waals surface area contributed by atoms with Gasteiger partial charge in [-0.1, -0.05) is 35.9 Å². The minimum Gasteiger partial charge on any atom is -0.396 e. The molecule has 2 N–H and O–H groups in total. The lowest BCUT2D eigenvalue weighted by molar-refractivity contribution is 1.33. The highest BCUT2D eigenvalue weighted by Gasteiger charge is 2.20. The number of anilines is 1. The van der Waals surface area contributed by atoms with Gasteiger partial charge < -0.3 is 5.73 Å². The van der Waals surface area contributed by atoms with Crippen molar-refractivity contribution in [3.8, 4) is 27.6 Å². The molecule has 3 nitrogen and oxygen atoms in total. The summed E-state index contributed by atoms with van der Waals surface area (Å²) >= 11 is 7.64. The maximum absolute atomic E-state index is 9.25. The van der Waals surface area contributed by atoms with Crippen molar-refractivity contribution >= 4 is 28.6 Å². The molecule has 102 valence electrons. The number of aromatic nitrogens is 1. The largest absolute Gasteiger partial charge is 0.396 e. The van der Waals surface area contributed by atoms with E-state index >= 15 is 0 Å². The third kappa shape index (κ3) is 2.38. The summed E-state index contributed by atoms with van der Waals surface area (Å²) in [7, 11) is 0. The van der Waals surface area contributed by atoms with E-state index in [-0.39, 0.29) is 0 Å². The molecule has 0 radical (unpaired) electrons. The van der Waals surface area contributed by atoms with Gasteiger partial charge in [0, 0.05) is 39.0 Å². The molecule has 3 aromatic rings. The van der Waals surface area contributed by atoms with Crippen molar-refractivity contribution in [3.63, 3.8) is 0 Å². The second kappa shape index (κ2) is 5.57. The van der Waals surface area contributed by atoms with Crippen LogP contribution in [0, 0.1) is 11.3 Å². The molecule has 0 aliphatic heterocycles. The fourth-order valence-electron chi connectivity index (χ4n) is 2.16. The molecule has 2 heterocycles. The van der Waals surface area contributed by atoms with Crippen LogP contribution < -0.4 is 5.73 Å². The first-order chi connectivity index (χ1) is 10.2. The minimum absolute atomic E-state index is 0.477. The van der Waals surface area contributed by atoms with Crippen molar-refractivity contribution in [1.29, 1.82) is 5.26 Å². The first-order valence-corrected chi connectivity index (χ1v) is 7.39. The highest BCUT2D eigenvalue weighted by Crippen LogP contribution is 2.46. The second-order valence-corrected chi connectivity index (χ2v) is 5.81. The molecule has 0 atom stereocenters. The molecule has 1 aromatic carbocycles. The predicted molar refractivity (Wildman–Crippen MR) is 87.1 cm³/mol. The highest BCUT2D eigenvalue weighted by molar-refractivity contribution is 7.17. The average Bonchev–Trinajstić information content (AvgIpc) is 2.85. The zero-order chi connectivity index (χ0) is 14.8. The third-order valence-corrected chi connectivity index (χ3v) is 4.59. The topological polar surface area (TPSA) is 62.7 Å². The molecular formula is C16H10ClN3S. The first kappa shape index (κ1) is 13.6. The molecule has 21 heavy (non-hydrogen) atoms. The summed E-state index contributed by atoms with van der Waals surface area (Å²) in [5.74, 6) is 0. The lowest BCUT2D eigenvalue weighted by atomic mass is 10.0. The fourth-order valence-corrected chi connectivity index (χ4v) is 3.53. The van der Waals surface area contributed by atoms with Gasteiger partial charge in [0.15, 0.2) is 0 Å². The Morgan fingerprint density at radius 1 is 1.19 bits per heavy atom. The third-order valence-electron chi connectivity index (χ3n) is 3.12. The van der Waals surface area contributed by atoms with Gasteiger partial charge in [-0.2, -0.15) is 5.26 Å². The van der Waals surface area contributed by atoms with Crippen molar-refractivity contribution in [2.45, 2.75) is 0 Å². The van der Waals surface area contributed by atoms with E-state index in [2.05, 4.69) is 11.1 Å². The van der Waals surface area contributed by atoms with Crippen LogP contribution >= 0.6 is 22.9 Å². The second-order valence-electron chi connectivity index (χ2n) is 4.38. The Bertz CT molecular complexity index is 834. The van der Waals surface area contributed by atoms with Crippen LogP contribution in [-0.4, -0.2) is 4.98 Å². The van der Waals surface area contributed by atoms with Gasteiger partial charge in [0.1, 0.15) is 10.9 Å². The number of thiophene rings is 1. The van der Waals surface area contributed by atoms with Crippen molar-refractivity contribution < 1.29 is 0 Å². The summed E-state index contributed by atoms with van der Waals surface area (Å²) < 4.78 is 0. The predicted octanol–water partition coefficient (Wildman–Crippen LogP) is 4.58. The van der Waals surface area contributed by atoms with Gasteiger partial charge in [0.25, 0.3) is 0 Å². The lowest BCUT2D eigenvalue weighted by Gasteiger charge is -2.07. The van der Waals surface area contributed by atoms with Gasteiger partial charge in [0.2, 0.25) is 0 Å². The summed E-state index contributed by atoms with van der Waals surface area (Å²) in [6.45, 7) is 0. The van der Waals surface area contributed by atoms with Crippen LogP contribution in [0.3, 0.4) is 0 Å². The molecule has 0 unspecified atom stereocenters. The molecule has 0 aliphatic rings. The monoisotopic (exact) mass is 311 g/mol. The minimum atomic E-state index is 0.477. The SMILES string of the molecule is N#Cc1sc(-c2ccccc2Cl)c(-c2cccnc2)c1N. The number of rotatable bonds is 2. The van der Waals surface area contributed by atoms with Crippen molar-refractivity contribution in [1.82, 2.24) is 4.98 Å². The molecular weight excluding hydrogens is 302 g/mol. The molecule has 0 spiro atoms. The summed E-state index contributed by atoms with van der Waals surface area (Å²) in [5, 5.41) is 9.88.